The van der Waals surface area contributed by atoms with E-state index in [1.54, 1.807) is 24.3 Å². The van der Waals surface area contributed by atoms with Gasteiger partial charge in [0.25, 0.3) is 5.85 Å². The van der Waals surface area contributed by atoms with Gasteiger partial charge in [0, 0.05) is 11.3 Å². The van der Waals surface area contributed by atoms with Crippen LogP contribution in [0.4, 0.5) is 10.1 Å². The first-order valence-corrected chi connectivity index (χ1v) is 3.45. The van der Waals surface area contributed by atoms with Gasteiger partial charge in [-0.15, -0.1) is 0 Å². The van der Waals surface area contributed by atoms with Crippen LogP contribution in [0, 0.1) is 0 Å². The predicted octanol–water partition coefficient (Wildman–Crippen LogP) is 1.23. The first-order chi connectivity index (χ1) is 5.20. The second-order valence-corrected chi connectivity index (χ2v) is 2.66. The first-order valence-electron chi connectivity index (χ1n) is 3.45. The van der Waals surface area contributed by atoms with Crippen LogP contribution in [-0.2, 0) is 5.85 Å². The lowest BCUT2D eigenvalue weighted by Crippen LogP contribution is -2.20. The molecular weight excluding hydrogens is 145 g/mol. The molecule has 11 heavy (non-hydrogen) atoms. The number of hydrogen-bond donors (Lipinski definition) is 2. The maximum atomic E-state index is 13.1. The zero-order valence-electron chi connectivity index (χ0n) is 5.84. The van der Waals surface area contributed by atoms with Crippen molar-refractivity contribution >= 4 is 5.69 Å². The third-order valence-corrected chi connectivity index (χ3v) is 1.85. The molecule has 2 rings (SSSR count). The lowest BCUT2D eigenvalue weighted by Gasteiger charge is -2.09. The summed E-state index contributed by atoms with van der Waals surface area (Å²) in [7, 11) is 0. The van der Waals surface area contributed by atoms with Gasteiger partial charge in [-0.25, -0.2) is 4.39 Å². The first kappa shape index (κ1) is 6.61. The fourth-order valence-electron chi connectivity index (χ4n) is 1.28. The van der Waals surface area contributed by atoms with Crippen LogP contribution in [0.25, 0.3) is 0 Å². The average Bonchev–Trinajstić information content (AvgIpc) is 2.29. The van der Waals surface area contributed by atoms with Gasteiger partial charge in [0.15, 0.2) is 0 Å². The summed E-state index contributed by atoms with van der Waals surface area (Å²) in [5.74, 6) is -2.18. The maximum absolute atomic E-state index is 13.1. The Hall–Kier alpha value is -1.09. The fraction of sp³-hybridized carbons (Fsp3) is 0.250. The largest absolute Gasteiger partial charge is 0.379 e. The van der Waals surface area contributed by atoms with Gasteiger partial charge in [-0.3, -0.25) is 0 Å². The van der Waals surface area contributed by atoms with Gasteiger partial charge < -0.3 is 10.4 Å². The molecule has 2 N–H and O–H groups in total. The van der Waals surface area contributed by atoms with Crippen molar-refractivity contribution in [2.75, 3.05) is 11.9 Å². The third kappa shape index (κ3) is 0.886. The molecule has 0 aromatic heterocycles. The van der Waals surface area contributed by atoms with Crippen molar-refractivity contribution in [1.29, 1.82) is 0 Å². The molecule has 1 aliphatic rings. The standard InChI is InChI=1S/C8H8FNO/c9-8(11)5-10-7-4-2-1-3-6(7)8/h1-4,10-11H,5H2. The summed E-state index contributed by atoms with van der Waals surface area (Å²) >= 11 is 0. The molecule has 58 valence electrons. The Morgan fingerprint density at radius 1 is 1.45 bits per heavy atom. The van der Waals surface area contributed by atoms with Crippen LogP contribution in [0.5, 0.6) is 0 Å². The van der Waals surface area contributed by atoms with E-state index in [0.29, 0.717) is 11.3 Å². The van der Waals surface area contributed by atoms with Gasteiger partial charge in [-0.2, -0.15) is 0 Å². The third-order valence-electron chi connectivity index (χ3n) is 1.85. The van der Waals surface area contributed by atoms with E-state index in [-0.39, 0.29) is 6.54 Å². The summed E-state index contributed by atoms with van der Waals surface area (Å²) in [6.07, 6.45) is 0. The monoisotopic (exact) mass is 153 g/mol. The summed E-state index contributed by atoms with van der Waals surface area (Å²) in [6, 6.07) is 6.83. The molecular formula is C8H8FNO. The Kier molecular flexibility index (Phi) is 1.17. The highest BCUT2D eigenvalue weighted by Crippen LogP contribution is 2.35. The number of para-hydroxylation sites is 1. The number of rotatable bonds is 0. The molecule has 1 aromatic carbocycles. The molecule has 1 unspecified atom stereocenters. The Morgan fingerprint density at radius 2 is 2.18 bits per heavy atom. The lowest BCUT2D eigenvalue weighted by molar-refractivity contribution is -0.0756. The van der Waals surface area contributed by atoms with E-state index in [9.17, 15) is 4.39 Å². The Bertz CT molecular complexity index is 285. The van der Waals surface area contributed by atoms with Crippen LogP contribution in [0.15, 0.2) is 24.3 Å². The molecule has 1 aromatic rings. The van der Waals surface area contributed by atoms with Crippen LogP contribution in [0.3, 0.4) is 0 Å². The topological polar surface area (TPSA) is 32.3 Å². The number of anilines is 1. The van der Waals surface area contributed by atoms with Crippen molar-refractivity contribution in [3.8, 4) is 0 Å². The molecule has 0 saturated heterocycles. The van der Waals surface area contributed by atoms with Gasteiger partial charge in [0.1, 0.15) is 0 Å². The number of fused-ring (bicyclic) bond motifs is 1. The van der Waals surface area contributed by atoms with Crippen molar-refractivity contribution in [2.24, 2.45) is 0 Å². The minimum atomic E-state index is -2.18. The molecule has 1 atom stereocenters. The molecule has 0 aliphatic carbocycles. The van der Waals surface area contributed by atoms with Crippen LogP contribution in [0.2, 0.25) is 0 Å². The summed E-state index contributed by atoms with van der Waals surface area (Å²) < 4.78 is 13.1. The molecule has 0 spiro atoms. The second kappa shape index (κ2) is 1.95. The van der Waals surface area contributed by atoms with E-state index >= 15 is 0 Å². The summed E-state index contributed by atoms with van der Waals surface area (Å²) in [4.78, 5) is 0. The van der Waals surface area contributed by atoms with Crippen molar-refractivity contribution in [3.63, 3.8) is 0 Å². The number of aliphatic hydroxyl groups is 1. The minimum absolute atomic E-state index is 0.0493. The zero-order chi connectivity index (χ0) is 7.90. The van der Waals surface area contributed by atoms with E-state index in [2.05, 4.69) is 5.32 Å². The molecule has 0 amide bonds. The minimum Gasteiger partial charge on any atom is -0.379 e. The molecule has 1 aliphatic heterocycles. The van der Waals surface area contributed by atoms with Gasteiger partial charge in [0.05, 0.1) is 6.54 Å². The molecule has 0 fully saturated rings. The Morgan fingerprint density at radius 3 is 2.91 bits per heavy atom. The van der Waals surface area contributed by atoms with Gasteiger partial charge in [-0.1, -0.05) is 18.2 Å². The summed E-state index contributed by atoms with van der Waals surface area (Å²) in [5.41, 5.74) is 1.01. The highest BCUT2D eigenvalue weighted by Gasteiger charge is 2.36. The van der Waals surface area contributed by atoms with Crippen LogP contribution >= 0.6 is 0 Å². The smallest absolute Gasteiger partial charge is 0.252 e. The molecule has 3 heteroatoms. The molecule has 1 heterocycles. The number of nitrogens with one attached hydrogen (secondary N) is 1. The van der Waals surface area contributed by atoms with Crippen molar-refractivity contribution in [2.45, 2.75) is 5.85 Å². The predicted molar refractivity (Wildman–Crippen MR) is 39.9 cm³/mol. The highest BCUT2D eigenvalue weighted by molar-refractivity contribution is 5.57. The SMILES string of the molecule is OC1(F)CNc2ccccc21. The maximum Gasteiger partial charge on any atom is 0.252 e. The van der Waals surface area contributed by atoms with Gasteiger partial charge >= 0.3 is 0 Å². The summed E-state index contributed by atoms with van der Waals surface area (Å²) in [6.45, 7) is -0.0493. The fourth-order valence-corrected chi connectivity index (χ4v) is 1.28. The van der Waals surface area contributed by atoms with E-state index in [0.717, 1.165) is 0 Å². The van der Waals surface area contributed by atoms with E-state index in [1.807, 2.05) is 0 Å². The molecule has 0 bridgehead atoms. The van der Waals surface area contributed by atoms with E-state index < -0.39 is 5.85 Å². The van der Waals surface area contributed by atoms with E-state index in [1.165, 1.54) is 0 Å². The average molecular weight is 153 g/mol. The van der Waals surface area contributed by atoms with Crippen LogP contribution < -0.4 is 5.32 Å². The number of benzene rings is 1. The molecule has 2 nitrogen and oxygen atoms in total. The quantitative estimate of drug-likeness (QED) is 0.587. The number of hydrogen-bond acceptors (Lipinski definition) is 2. The summed E-state index contributed by atoms with van der Waals surface area (Å²) in [5, 5.41) is 11.9. The number of halogens is 1. The van der Waals surface area contributed by atoms with Gasteiger partial charge in [0.2, 0.25) is 0 Å². The Labute approximate surface area is 63.7 Å². The molecule has 0 radical (unpaired) electrons. The number of alkyl halides is 1. The van der Waals surface area contributed by atoms with Crippen molar-refractivity contribution in [3.05, 3.63) is 29.8 Å². The Balaban J connectivity index is 2.56. The van der Waals surface area contributed by atoms with E-state index in [4.69, 9.17) is 5.11 Å². The van der Waals surface area contributed by atoms with Crippen LogP contribution in [0.1, 0.15) is 5.56 Å². The zero-order valence-corrected chi connectivity index (χ0v) is 5.84. The normalized spacial score (nSPS) is 27.8. The lowest BCUT2D eigenvalue weighted by atomic mass is 10.1. The number of β-amino-alcohol motifs (C(OH)–C–C–N with tert-alkyl or cyclic N) is 1. The van der Waals surface area contributed by atoms with Gasteiger partial charge in [-0.05, 0) is 6.07 Å². The highest BCUT2D eigenvalue weighted by atomic mass is 19.2. The van der Waals surface area contributed by atoms with Crippen LogP contribution in [-0.4, -0.2) is 11.7 Å². The molecule has 0 saturated carbocycles. The second-order valence-electron chi connectivity index (χ2n) is 2.66. The van der Waals surface area contributed by atoms with Crippen molar-refractivity contribution in [1.82, 2.24) is 0 Å². The van der Waals surface area contributed by atoms with Crippen molar-refractivity contribution < 1.29 is 9.50 Å².